The van der Waals surface area contributed by atoms with Crippen LogP contribution in [0.25, 0.3) is 19.2 Å². The number of aldehydes is 2. The summed E-state index contributed by atoms with van der Waals surface area (Å²) in [5.74, 6) is 0. The van der Waals surface area contributed by atoms with Crippen LogP contribution in [-0.2, 0) is 12.8 Å². The summed E-state index contributed by atoms with van der Waals surface area (Å²) >= 11 is 8.73. The van der Waals surface area contributed by atoms with Gasteiger partial charge in [0.1, 0.15) is 0 Å². The number of hydrogen-bond acceptors (Lipinski definition) is 7. The Morgan fingerprint density at radius 2 is 1.43 bits per heavy atom. The van der Waals surface area contributed by atoms with Crippen molar-refractivity contribution < 1.29 is 9.59 Å². The number of carbonyl (C=O) groups is 2. The molecule has 30 heavy (non-hydrogen) atoms. The Kier molecular flexibility index (Phi) is 5.56. The predicted octanol–water partition coefficient (Wildman–Crippen LogP) is 7.93. The fourth-order valence-electron chi connectivity index (χ4n) is 3.39. The molecule has 0 fully saturated rings. The van der Waals surface area contributed by atoms with Crippen molar-refractivity contribution in [1.29, 1.82) is 0 Å². The second-order valence-corrected chi connectivity index (χ2v) is 12.7. The van der Waals surface area contributed by atoms with Crippen LogP contribution in [0.15, 0.2) is 41.8 Å². The summed E-state index contributed by atoms with van der Waals surface area (Å²) < 4.78 is 2.57. The maximum absolute atomic E-state index is 11.6. The molecule has 0 aromatic carbocycles. The largest absolute Gasteiger partial charge is 0.298 e. The molecule has 0 aliphatic rings. The molecule has 0 amide bonds. The molecule has 0 saturated heterocycles. The number of aryl methyl sites for hydroxylation is 1. The number of rotatable bonds is 7. The molecule has 0 aliphatic heterocycles. The third-order valence-electron chi connectivity index (χ3n) is 4.84. The highest BCUT2D eigenvalue weighted by Crippen LogP contribution is 2.39. The Labute approximate surface area is 194 Å². The highest BCUT2D eigenvalue weighted by Gasteiger charge is 2.15. The minimum atomic E-state index is 0.796. The molecule has 7 heteroatoms. The molecule has 0 bridgehead atoms. The van der Waals surface area contributed by atoms with E-state index in [9.17, 15) is 9.59 Å². The Bertz CT molecular complexity index is 1330. The SMILES string of the molecule is Cc1ccc(-c2cc(C=O)c(Cc3cc4sc(Cc5sccc5C=O)cc4s3)s2)s1. The molecule has 5 rings (SSSR count). The van der Waals surface area contributed by atoms with Crippen molar-refractivity contribution >= 4 is 78.7 Å². The quantitative estimate of drug-likeness (QED) is 0.220. The Morgan fingerprint density at radius 1 is 0.733 bits per heavy atom. The first-order valence-electron chi connectivity index (χ1n) is 9.30. The van der Waals surface area contributed by atoms with Crippen LogP contribution >= 0.6 is 56.7 Å². The zero-order chi connectivity index (χ0) is 20.7. The summed E-state index contributed by atoms with van der Waals surface area (Å²) in [6.45, 7) is 2.11. The monoisotopic (exact) mass is 484 g/mol. The molecule has 0 aliphatic carbocycles. The maximum atomic E-state index is 11.6. The summed E-state index contributed by atoms with van der Waals surface area (Å²) in [5, 5.41) is 1.98. The molecule has 0 N–H and O–H groups in total. The molecular formula is C23H16O2S5. The van der Waals surface area contributed by atoms with Crippen molar-refractivity contribution in [3.63, 3.8) is 0 Å². The topological polar surface area (TPSA) is 34.1 Å². The van der Waals surface area contributed by atoms with E-state index in [0.29, 0.717) is 0 Å². The predicted molar refractivity (Wildman–Crippen MR) is 133 cm³/mol. The lowest BCUT2D eigenvalue weighted by Crippen LogP contribution is -1.86. The molecule has 0 atom stereocenters. The zero-order valence-electron chi connectivity index (χ0n) is 16.0. The van der Waals surface area contributed by atoms with Crippen LogP contribution < -0.4 is 0 Å². The first-order valence-corrected chi connectivity index (χ1v) is 13.4. The lowest BCUT2D eigenvalue weighted by molar-refractivity contribution is 0.111. The van der Waals surface area contributed by atoms with Gasteiger partial charge in [0.15, 0.2) is 12.6 Å². The van der Waals surface area contributed by atoms with E-state index in [4.69, 9.17) is 0 Å². The van der Waals surface area contributed by atoms with E-state index in [0.717, 1.165) is 46.3 Å². The van der Waals surface area contributed by atoms with Crippen molar-refractivity contribution in [3.05, 3.63) is 77.3 Å². The second-order valence-electron chi connectivity index (χ2n) is 6.94. The molecule has 5 aromatic rings. The van der Waals surface area contributed by atoms with Gasteiger partial charge >= 0.3 is 0 Å². The Morgan fingerprint density at radius 3 is 2.07 bits per heavy atom. The molecule has 2 nitrogen and oxygen atoms in total. The van der Waals surface area contributed by atoms with Gasteiger partial charge in [-0.3, -0.25) is 9.59 Å². The van der Waals surface area contributed by atoms with Crippen molar-refractivity contribution in [3.8, 4) is 9.75 Å². The first kappa shape index (κ1) is 20.0. The molecule has 150 valence electrons. The smallest absolute Gasteiger partial charge is 0.151 e. The molecule has 0 radical (unpaired) electrons. The minimum absolute atomic E-state index is 0.796. The lowest BCUT2D eigenvalue weighted by atomic mass is 10.2. The van der Waals surface area contributed by atoms with Crippen molar-refractivity contribution in [2.75, 3.05) is 0 Å². The summed E-state index contributed by atoms with van der Waals surface area (Å²) in [7, 11) is 0. The highest BCUT2D eigenvalue weighted by molar-refractivity contribution is 7.28. The average molecular weight is 485 g/mol. The van der Waals surface area contributed by atoms with Gasteiger partial charge in [-0.25, -0.2) is 0 Å². The number of carbonyl (C=O) groups excluding carboxylic acids is 2. The van der Waals surface area contributed by atoms with E-state index >= 15 is 0 Å². The van der Waals surface area contributed by atoms with Crippen molar-refractivity contribution in [1.82, 2.24) is 0 Å². The zero-order valence-corrected chi connectivity index (χ0v) is 20.1. The van der Waals surface area contributed by atoms with E-state index in [1.54, 1.807) is 56.7 Å². The highest BCUT2D eigenvalue weighted by atomic mass is 32.1. The molecule has 0 unspecified atom stereocenters. The minimum Gasteiger partial charge on any atom is -0.298 e. The van der Waals surface area contributed by atoms with Crippen LogP contribution in [0.5, 0.6) is 0 Å². The molecule has 5 aromatic heterocycles. The van der Waals surface area contributed by atoms with E-state index in [1.807, 2.05) is 17.5 Å². The van der Waals surface area contributed by atoms with E-state index in [1.165, 1.54) is 33.8 Å². The van der Waals surface area contributed by atoms with E-state index < -0.39 is 0 Å². The first-order chi connectivity index (χ1) is 14.6. The summed E-state index contributed by atoms with van der Waals surface area (Å²) in [6.07, 6.45) is 3.54. The maximum Gasteiger partial charge on any atom is 0.151 e. The van der Waals surface area contributed by atoms with Gasteiger partial charge in [-0.2, -0.15) is 0 Å². The van der Waals surface area contributed by atoms with Gasteiger partial charge in [0.25, 0.3) is 0 Å². The van der Waals surface area contributed by atoms with E-state index in [-0.39, 0.29) is 0 Å². The Hall–Kier alpha value is -1.90. The van der Waals surface area contributed by atoms with Gasteiger partial charge < -0.3 is 0 Å². The fraction of sp³-hybridized carbons (Fsp3) is 0.130. The molecule has 0 saturated carbocycles. The summed E-state index contributed by atoms with van der Waals surface area (Å²) in [5.41, 5.74) is 1.60. The van der Waals surface area contributed by atoms with Crippen molar-refractivity contribution in [2.45, 2.75) is 19.8 Å². The van der Waals surface area contributed by atoms with Gasteiger partial charge in [0.2, 0.25) is 0 Å². The Balaban J connectivity index is 1.38. The number of hydrogen-bond donors (Lipinski definition) is 0. The van der Waals surface area contributed by atoms with Gasteiger partial charge in [-0.15, -0.1) is 56.7 Å². The number of fused-ring (bicyclic) bond motifs is 1. The van der Waals surface area contributed by atoms with E-state index in [2.05, 4.69) is 31.2 Å². The van der Waals surface area contributed by atoms with Gasteiger partial charge in [0.05, 0.1) is 0 Å². The van der Waals surface area contributed by atoms with Gasteiger partial charge in [0, 0.05) is 67.5 Å². The third-order valence-corrected chi connectivity index (χ3v) is 10.4. The van der Waals surface area contributed by atoms with Crippen LogP contribution in [0.1, 0.15) is 45.1 Å². The second kappa shape index (κ2) is 8.32. The summed E-state index contributed by atoms with van der Waals surface area (Å²) in [6, 6.07) is 12.7. The van der Waals surface area contributed by atoms with Crippen LogP contribution in [0, 0.1) is 6.92 Å². The number of thiophene rings is 5. The van der Waals surface area contributed by atoms with Gasteiger partial charge in [-0.1, -0.05) is 0 Å². The fourth-order valence-corrected chi connectivity index (χ4v) is 9.02. The normalized spacial score (nSPS) is 11.4. The van der Waals surface area contributed by atoms with Gasteiger partial charge in [-0.05, 0) is 48.7 Å². The standard InChI is InChI=1S/C23H16O2S5/c1-13-2-3-18(27-13)21-6-15(12-25)20(30-21)8-17-10-23-22(29-17)9-16(28-23)7-19-14(11-24)4-5-26-19/h2-6,9-12H,7-8H2,1H3. The van der Waals surface area contributed by atoms with Crippen LogP contribution in [0.4, 0.5) is 0 Å². The summed E-state index contributed by atoms with van der Waals surface area (Å²) in [4.78, 5) is 31.3. The molecule has 5 heterocycles. The lowest BCUT2D eigenvalue weighted by Gasteiger charge is -1.96. The average Bonchev–Trinajstić information content (AvgIpc) is 3.51. The van der Waals surface area contributed by atoms with Crippen molar-refractivity contribution in [2.24, 2.45) is 0 Å². The molecular weight excluding hydrogens is 469 g/mol. The van der Waals surface area contributed by atoms with Crippen LogP contribution in [0.2, 0.25) is 0 Å². The van der Waals surface area contributed by atoms with Crippen LogP contribution in [0.3, 0.4) is 0 Å². The van der Waals surface area contributed by atoms with Crippen LogP contribution in [-0.4, -0.2) is 12.6 Å². The molecule has 0 spiro atoms. The third kappa shape index (κ3) is 3.88.